The molecule has 0 spiro atoms. The Morgan fingerprint density at radius 1 is 0.310 bits per heavy atom. The molecule has 0 saturated heterocycles. The van der Waals surface area contributed by atoms with Crippen molar-refractivity contribution in [1.29, 1.82) is 0 Å². The largest absolute Gasteiger partial charge is 0.292 e. The van der Waals surface area contributed by atoms with E-state index >= 15 is 0 Å². The summed E-state index contributed by atoms with van der Waals surface area (Å²) >= 11 is 0. The van der Waals surface area contributed by atoms with Crippen molar-refractivity contribution in [3.05, 3.63) is 200 Å². The highest BCUT2D eigenvalue weighted by molar-refractivity contribution is 6.20. The monoisotopic (exact) mass is 739 g/mol. The maximum atomic E-state index is 5.53. The highest BCUT2D eigenvalue weighted by Crippen LogP contribution is 2.40. The molecule has 0 amide bonds. The Kier molecular flexibility index (Phi) is 7.16. The van der Waals surface area contributed by atoms with Crippen LogP contribution in [0.2, 0.25) is 0 Å². The molecule has 0 aliphatic rings. The second kappa shape index (κ2) is 12.8. The van der Waals surface area contributed by atoms with Gasteiger partial charge in [0.2, 0.25) is 5.95 Å². The molecule has 5 heteroatoms. The summed E-state index contributed by atoms with van der Waals surface area (Å²) in [4.78, 5) is 16.4. The topological polar surface area (TPSA) is 48.0 Å². The Bertz CT molecular complexity index is 3430. The fourth-order valence-corrected chi connectivity index (χ4v) is 8.79. The van der Waals surface area contributed by atoms with Gasteiger partial charge in [0.15, 0.2) is 0 Å². The molecule has 0 saturated carbocycles. The first-order valence-corrected chi connectivity index (χ1v) is 19.6. The van der Waals surface area contributed by atoms with Crippen LogP contribution in [-0.2, 0) is 0 Å². The zero-order valence-corrected chi connectivity index (χ0v) is 31.3. The maximum Gasteiger partial charge on any atom is 0.235 e. The zero-order valence-electron chi connectivity index (χ0n) is 31.3. The molecule has 5 nitrogen and oxygen atoms in total. The van der Waals surface area contributed by atoms with Gasteiger partial charge in [-0.1, -0.05) is 170 Å². The molecule has 0 fully saturated rings. The summed E-state index contributed by atoms with van der Waals surface area (Å²) in [5, 5.41) is 5.74. The number of fused-ring (bicyclic) bond motifs is 12. The molecule has 0 atom stereocenters. The van der Waals surface area contributed by atoms with Crippen LogP contribution in [0.4, 0.5) is 0 Å². The van der Waals surface area contributed by atoms with E-state index in [0.717, 1.165) is 83.0 Å². The van der Waals surface area contributed by atoms with Crippen molar-refractivity contribution in [1.82, 2.24) is 23.9 Å². The van der Waals surface area contributed by atoms with Gasteiger partial charge in [0.05, 0.1) is 33.5 Å². The lowest BCUT2D eigenvalue weighted by molar-refractivity contribution is 0.997. The van der Waals surface area contributed by atoms with E-state index in [9.17, 15) is 0 Å². The molecule has 0 unspecified atom stereocenters. The molecular formula is C53H33N5. The third-order valence-electron chi connectivity index (χ3n) is 11.6. The van der Waals surface area contributed by atoms with Crippen molar-refractivity contribution in [2.45, 2.75) is 0 Å². The predicted molar refractivity (Wildman–Crippen MR) is 239 cm³/mol. The molecule has 4 heterocycles. The number of hydrogen-bond acceptors (Lipinski definition) is 3. The van der Waals surface area contributed by atoms with Crippen LogP contribution in [0.1, 0.15) is 0 Å². The minimum Gasteiger partial charge on any atom is -0.292 e. The summed E-state index contributed by atoms with van der Waals surface area (Å²) in [5.41, 5.74) is 14.4. The molecule has 270 valence electrons. The van der Waals surface area contributed by atoms with Gasteiger partial charge in [-0.25, -0.2) is 15.0 Å². The quantitative estimate of drug-likeness (QED) is 0.165. The van der Waals surface area contributed by atoms with Crippen LogP contribution in [0.3, 0.4) is 0 Å². The smallest absolute Gasteiger partial charge is 0.235 e. The van der Waals surface area contributed by atoms with Crippen LogP contribution in [0.5, 0.6) is 0 Å². The first kappa shape index (κ1) is 32.4. The van der Waals surface area contributed by atoms with E-state index in [4.69, 9.17) is 15.0 Å². The van der Waals surface area contributed by atoms with E-state index in [-0.39, 0.29) is 0 Å². The second-order valence-corrected chi connectivity index (χ2v) is 14.8. The molecule has 12 aromatic rings. The first-order chi connectivity index (χ1) is 28.8. The number of nitrogens with zero attached hydrogens (tertiary/aromatic N) is 5. The first-order valence-electron chi connectivity index (χ1n) is 19.6. The van der Waals surface area contributed by atoms with Gasteiger partial charge < -0.3 is 0 Å². The van der Waals surface area contributed by atoms with Gasteiger partial charge in [0.25, 0.3) is 0 Å². The second-order valence-electron chi connectivity index (χ2n) is 14.8. The summed E-state index contributed by atoms with van der Waals surface area (Å²) in [6.07, 6.45) is 0. The zero-order chi connectivity index (χ0) is 38.2. The summed E-state index contributed by atoms with van der Waals surface area (Å²) in [5.74, 6) is 0.595. The lowest BCUT2D eigenvalue weighted by atomic mass is 10.0. The summed E-state index contributed by atoms with van der Waals surface area (Å²) in [7, 11) is 0. The van der Waals surface area contributed by atoms with E-state index in [1.54, 1.807) is 0 Å². The van der Waals surface area contributed by atoms with Gasteiger partial charge in [-0.3, -0.25) is 8.97 Å². The number of imidazole rings is 1. The summed E-state index contributed by atoms with van der Waals surface area (Å²) < 4.78 is 4.55. The molecular weight excluding hydrogens is 707 g/mol. The highest BCUT2D eigenvalue weighted by Gasteiger charge is 2.22. The van der Waals surface area contributed by atoms with Crippen molar-refractivity contribution in [3.8, 4) is 50.7 Å². The molecule has 0 bridgehead atoms. The Balaban J connectivity index is 1.14. The van der Waals surface area contributed by atoms with E-state index in [1.807, 2.05) is 12.1 Å². The van der Waals surface area contributed by atoms with Gasteiger partial charge in [0.1, 0.15) is 11.2 Å². The van der Waals surface area contributed by atoms with E-state index in [2.05, 4.69) is 197 Å². The lowest BCUT2D eigenvalue weighted by Gasteiger charge is -2.13. The molecule has 4 aromatic heterocycles. The Hall–Kier alpha value is -7.89. The summed E-state index contributed by atoms with van der Waals surface area (Å²) in [6, 6.07) is 70.7. The van der Waals surface area contributed by atoms with Gasteiger partial charge in [0, 0.05) is 32.7 Å². The minimum absolute atomic E-state index is 0.595. The van der Waals surface area contributed by atoms with Crippen molar-refractivity contribution < 1.29 is 0 Å². The molecule has 0 aliphatic heterocycles. The van der Waals surface area contributed by atoms with Crippen molar-refractivity contribution in [2.24, 2.45) is 0 Å². The van der Waals surface area contributed by atoms with Gasteiger partial charge in [-0.05, 0) is 58.0 Å². The number of pyridine rings is 1. The van der Waals surface area contributed by atoms with Gasteiger partial charge in [-0.2, -0.15) is 0 Å². The average molecular weight is 740 g/mol. The van der Waals surface area contributed by atoms with Crippen LogP contribution in [0, 0.1) is 0 Å². The Labute approximate surface area is 333 Å². The van der Waals surface area contributed by atoms with Crippen LogP contribution in [0.15, 0.2) is 200 Å². The standard InChI is InChI=1S/C53H33N5/c1-3-13-34(14-4-1)36-23-27-38(28-24-36)45-33-46(39-29-25-37(26-30-39)35-15-5-2-6-16-35)55-53(54-45)58-48-22-12-10-19-42(48)43-31-32-49-50(51(43)58)56-52-44-20-8-7-17-40(44)41-18-9-11-21-47(41)57(49)52/h1-33H. The van der Waals surface area contributed by atoms with Gasteiger partial charge in [-0.15, -0.1) is 0 Å². The number of hydrogen-bond donors (Lipinski definition) is 0. The highest BCUT2D eigenvalue weighted by atomic mass is 15.2. The SMILES string of the molecule is c1ccc(-c2ccc(-c3cc(-c4ccc(-c5ccccc5)cc4)nc(-n4c5ccccc5c5ccc6c(nc7c8ccccc8c8ccccc8n67)c54)n3)cc2)cc1. The molecule has 8 aromatic carbocycles. The van der Waals surface area contributed by atoms with E-state index in [0.29, 0.717) is 5.95 Å². The molecule has 0 N–H and O–H groups in total. The normalized spacial score (nSPS) is 11.8. The number of benzene rings is 8. The van der Waals surface area contributed by atoms with Gasteiger partial charge >= 0.3 is 0 Å². The molecule has 0 radical (unpaired) electrons. The van der Waals surface area contributed by atoms with Crippen molar-refractivity contribution >= 4 is 60.2 Å². The fourth-order valence-electron chi connectivity index (χ4n) is 8.79. The molecule has 0 aliphatic carbocycles. The average Bonchev–Trinajstić information content (AvgIpc) is 3.87. The number of rotatable bonds is 5. The maximum absolute atomic E-state index is 5.53. The predicted octanol–water partition coefficient (Wildman–Crippen LogP) is 13.3. The van der Waals surface area contributed by atoms with Crippen molar-refractivity contribution in [3.63, 3.8) is 0 Å². The Morgan fingerprint density at radius 2 is 0.776 bits per heavy atom. The summed E-state index contributed by atoms with van der Waals surface area (Å²) in [6.45, 7) is 0. The third-order valence-corrected chi connectivity index (χ3v) is 11.6. The fraction of sp³-hybridized carbons (Fsp3) is 0. The van der Waals surface area contributed by atoms with Crippen LogP contribution < -0.4 is 0 Å². The van der Waals surface area contributed by atoms with E-state index in [1.165, 1.54) is 21.9 Å². The van der Waals surface area contributed by atoms with Crippen LogP contribution in [0.25, 0.3) is 111 Å². The third kappa shape index (κ3) is 5.00. The minimum atomic E-state index is 0.595. The van der Waals surface area contributed by atoms with Crippen LogP contribution >= 0.6 is 0 Å². The van der Waals surface area contributed by atoms with Crippen LogP contribution in [-0.4, -0.2) is 23.9 Å². The molecule has 12 rings (SSSR count). The lowest BCUT2D eigenvalue weighted by Crippen LogP contribution is -2.04. The molecule has 58 heavy (non-hydrogen) atoms. The van der Waals surface area contributed by atoms with Crippen molar-refractivity contribution in [2.75, 3.05) is 0 Å². The number of aromatic nitrogens is 5. The number of para-hydroxylation sites is 2. The Morgan fingerprint density at radius 3 is 1.38 bits per heavy atom. The van der Waals surface area contributed by atoms with E-state index < -0.39 is 0 Å².